The molecule has 0 N–H and O–H groups in total. The Kier molecular flexibility index (Phi) is 8.51. The van der Waals surface area contributed by atoms with E-state index in [0.717, 1.165) is 17.2 Å². The van der Waals surface area contributed by atoms with E-state index in [0.29, 0.717) is 16.0 Å². The van der Waals surface area contributed by atoms with Crippen molar-refractivity contribution in [2.45, 2.75) is 135 Å². The van der Waals surface area contributed by atoms with Gasteiger partial charge in [-0.2, -0.15) is 0 Å². The van der Waals surface area contributed by atoms with E-state index < -0.39 is 15.2 Å². The fourth-order valence-electron chi connectivity index (χ4n) is 9.70. The molecule has 2 aliphatic rings. The molecule has 2 aliphatic carbocycles. The molecule has 2 aromatic rings. The molecule has 36 heavy (non-hydrogen) atoms. The van der Waals surface area contributed by atoms with Crippen LogP contribution in [0.2, 0.25) is 0 Å². The summed E-state index contributed by atoms with van der Waals surface area (Å²) in [6.07, 6.45) is 10.3. The summed E-state index contributed by atoms with van der Waals surface area (Å²) in [6.45, 7) is 23.3. The summed E-state index contributed by atoms with van der Waals surface area (Å²) < 4.78 is 0. The first-order valence-corrected chi connectivity index (χ1v) is 18.4. The molecular formula is C34H54P2. The Balaban J connectivity index is 1.86. The van der Waals surface area contributed by atoms with E-state index in [1.165, 1.54) is 56.1 Å². The number of hydrogen-bond acceptors (Lipinski definition) is 0. The van der Waals surface area contributed by atoms with Crippen LogP contribution in [0, 0.1) is 19.8 Å². The zero-order chi connectivity index (χ0) is 26.3. The first-order valence-electron chi connectivity index (χ1n) is 14.8. The van der Waals surface area contributed by atoms with Crippen LogP contribution in [0.1, 0.15) is 105 Å². The molecule has 0 heterocycles. The van der Waals surface area contributed by atoms with Gasteiger partial charge < -0.3 is 0 Å². The molecule has 4 rings (SSSR count). The number of aryl methyl sites for hydroxylation is 2. The van der Waals surface area contributed by atoms with Crippen LogP contribution in [0.15, 0.2) is 48.5 Å². The van der Waals surface area contributed by atoms with Gasteiger partial charge in [0.25, 0.3) is 0 Å². The molecule has 0 nitrogen and oxygen atoms in total. The van der Waals surface area contributed by atoms with Gasteiger partial charge >= 0.3 is 226 Å². The third-order valence-corrected chi connectivity index (χ3v) is 22.4. The van der Waals surface area contributed by atoms with Gasteiger partial charge in [0, 0.05) is 0 Å². The first-order chi connectivity index (χ1) is 16.9. The molecule has 0 spiro atoms. The maximum absolute atomic E-state index is 2.67. The minimum atomic E-state index is -1.72. The molecule has 3 atom stereocenters. The molecule has 2 saturated carbocycles. The Bertz CT molecular complexity index is 958. The van der Waals surface area contributed by atoms with Crippen LogP contribution in [-0.2, 0) is 0 Å². The minimum absolute atomic E-state index is 0.400. The molecule has 1 unspecified atom stereocenters. The third-order valence-electron chi connectivity index (χ3n) is 10.4. The van der Waals surface area contributed by atoms with Gasteiger partial charge in [-0.3, -0.25) is 0 Å². The van der Waals surface area contributed by atoms with E-state index in [2.05, 4.69) is 111 Å². The van der Waals surface area contributed by atoms with Gasteiger partial charge in [0.05, 0.1) is 0 Å². The van der Waals surface area contributed by atoms with Crippen molar-refractivity contribution in [2.75, 3.05) is 0 Å². The average molecular weight is 525 g/mol. The topological polar surface area (TPSA) is 0 Å². The van der Waals surface area contributed by atoms with Gasteiger partial charge in [0.1, 0.15) is 0 Å². The fraction of sp³-hybridized carbons (Fsp3) is 0.647. The molecule has 0 bridgehead atoms. The number of hydrogen-bond donors (Lipinski definition) is 0. The van der Waals surface area contributed by atoms with Crippen molar-refractivity contribution in [2.24, 2.45) is 5.92 Å². The normalized spacial score (nSPS) is 23.4. The van der Waals surface area contributed by atoms with Crippen molar-refractivity contribution in [1.29, 1.82) is 0 Å². The van der Waals surface area contributed by atoms with E-state index in [1.807, 2.05) is 0 Å². The predicted molar refractivity (Wildman–Crippen MR) is 169 cm³/mol. The van der Waals surface area contributed by atoms with Crippen LogP contribution in [0.4, 0.5) is 0 Å². The Morgan fingerprint density at radius 3 is 1.61 bits per heavy atom. The van der Waals surface area contributed by atoms with Gasteiger partial charge in [-0.1, -0.05) is 0 Å². The second-order valence-corrected chi connectivity index (χ2v) is 23.0. The average Bonchev–Trinajstić information content (AvgIpc) is 3.48. The summed E-state index contributed by atoms with van der Waals surface area (Å²) in [5, 5.41) is 4.11. The standard InChI is InChI=1S/C34H54P2/c1-25-17-10-14-22-30(25)35(31-23-15-11-18-26(31)2)27(3)29-21-16-24-32(29)36(33(4,5)6,34(7,8)9)28-19-12-13-20-28/h10-11,14-15,17-18,22-23,27-29,32,36H,12-13,16,19-21,24H2,1-9H3/t27?,29-,32-/m0/s1. The molecule has 0 aliphatic heterocycles. The van der Waals surface area contributed by atoms with Crippen molar-refractivity contribution in [3.05, 3.63) is 59.7 Å². The van der Waals surface area contributed by atoms with Crippen LogP contribution < -0.4 is 10.6 Å². The predicted octanol–water partition coefficient (Wildman–Crippen LogP) is 9.58. The Labute approximate surface area is 225 Å². The summed E-state index contributed by atoms with van der Waals surface area (Å²) in [6, 6.07) is 18.7. The summed E-state index contributed by atoms with van der Waals surface area (Å²) in [5.41, 5.74) is 5.62. The fourth-order valence-corrected chi connectivity index (χ4v) is 23.8. The molecular weight excluding hydrogens is 470 g/mol. The second kappa shape index (κ2) is 10.8. The maximum atomic E-state index is 2.67. The monoisotopic (exact) mass is 524 g/mol. The number of rotatable bonds is 6. The molecule has 0 radical (unpaired) electrons. The van der Waals surface area contributed by atoms with Crippen LogP contribution >= 0.6 is 15.2 Å². The van der Waals surface area contributed by atoms with Crippen LogP contribution in [-0.4, -0.2) is 27.3 Å². The molecule has 0 amide bonds. The Morgan fingerprint density at radius 2 is 1.17 bits per heavy atom. The van der Waals surface area contributed by atoms with E-state index in [-0.39, 0.29) is 0 Å². The molecule has 2 heteroatoms. The third kappa shape index (κ3) is 4.89. The van der Waals surface area contributed by atoms with E-state index in [9.17, 15) is 0 Å². The van der Waals surface area contributed by atoms with Crippen molar-refractivity contribution in [1.82, 2.24) is 0 Å². The van der Waals surface area contributed by atoms with Crippen LogP contribution in [0.25, 0.3) is 0 Å². The van der Waals surface area contributed by atoms with Gasteiger partial charge in [-0.25, -0.2) is 0 Å². The summed E-state index contributed by atoms with van der Waals surface area (Å²) >= 11 is 0. The van der Waals surface area contributed by atoms with Crippen LogP contribution in [0.5, 0.6) is 0 Å². The molecule has 2 aromatic carbocycles. The zero-order valence-corrected chi connectivity index (χ0v) is 26.7. The Hall–Kier alpha value is -0.700. The quantitative estimate of drug-likeness (QED) is 0.330. The van der Waals surface area contributed by atoms with E-state index in [4.69, 9.17) is 0 Å². The summed E-state index contributed by atoms with van der Waals surface area (Å²) in [4.78, 5) is 0. The van der Waals surface area contributed by atoms with Gasteiger partial charge in [-0.05, 0) is 0 Å². The van der Waals surface area contributed by atoms with E-state index >= 15 is 0 Å². The number of benzene rings is 2. The van der Waals surface area contributed by atoms with E-state index in [1.54, 1.807) is 10.6 Å². The Morgan fingerprint density at radius 1 is 0.694 bits per heavy atom. The van der Waals surface area contributed by atoms with Crippen LogP contribution in [0.3, 0.4) is 0 Å². The van der Waals surface area contributed by atoms with Crippen molar-refractivity contribution >= 4 is 25.8 Å². The van der Waals surface area contributed by atoms with Gasteiger partial charge in [0.2, 0.25) is 0 Å². The van der Waals surface area contributed by atoms with Crippen molar-refractivity contribution in [3.63, 3.8) is 0 Å². The van der Waals surface area contributed by atoms with Gasteiger partial charge in [0.15, 0.2) is 0 Å². The second-order valence-electron chi connectivity index (χ2n) is 14.2. The summed E-state index contributed by atoms with van der Waals surface area (Å²) in [5.74, 6) is 0.848. The zero-order valence-electron chi connectivity index (χ0n) is 24.8. The van der Waals surface area contributed by atoms with Crippen molar-refractivity contribution < 1.29 is 0 Å². The molecule has 0 saturated heterocycles. The molecule has 200 valence electrons. The molecule has 0 aromatic heterocycles. The van der Waals surface area contributed by atoms with Crippen molar-refractivity contribution in [3.8, 4) is 0 Å². The first kappa shape index (κ1) is 28.3. The molecule has 2 fully saturated rings. The van der Waals surface area contributed by atoms with Gasteiger partial charge in [-0.15, -0.1) is 0 Å². The SMILES string of the molecule is Cc1ccccc1P(c1ccccc1C)C(C)[C@@H]1CCC[C@@H]1[PH](C1CCCC1)(C(C)(C)C)C(C)(C)C. The summed E-state index contributed by atoms with van der Waals surface area (Å²) in [7, 11) is -2.12.